The van der Waals surface area contributed by atoms with Gasteiger partial charge in [0.2, 0.25) is 0 Å². The Morgan fingerprint density at radius 3 is 2.37 bits per heavy atom. The van der Waals surface area contributed by atoms with Crippen LogP contribution in [0.5, 0.6) is 0 Å². The number of hydrogen-bond acceptors (Lipinski definition) is 6. The Morgan fingerprint density at radius 2 is 1.78 bits per heavy atom. The summed E-state index contributed by atoms with van der Waals surface area (Å²) < 4.78 is 20.3. The molecule has 1 saturated heterocycles. The lowest BCUT2D eigenvalue weighted by Crippen LogP contribution is -2.41. The Kier molecular flexibility index (Phi) is 5.18. The second-order valence-electron chi connectivity index (χ2n) is 9.45. The van der Waals surface area contributed by atoms with Gasteiger partial charge < -0.3 is 24.3 Å². The third kappa shape index (κ3) is 4.06. The number of anilines is 1. The summed E-state index contributed by atoms with van der Waals surface area (Å²) in [5.41, 5.74) is 6.90. The maximum Gasteiger partial charge on any atom is 0.497 e. The molecule has 0 radical (unpaired) electrons. The predicted molar refractivity (Wildman–Crippen MR) is 112 cm³/mol. The van der Waals surface area contributed by atoms with E-state index in [4.69, 9.17) is 19.8 Å². The Labute approximate surface area is 162 Å². The van der Waals surface area contributed by atoms with E-state index >= 15 is 0 Å². The molecule has 3 rings (SSSR count). The van der Waals surface area contributed by atoms with Crippen LogP contribution in [0.4, 0.5) is 5.82 Å². The molecule has 0 spiro atoms. The fourth-order valence-electron chi connectivity index (χ4n) is 2.97. The minimum atomic E-state index is -1.13. The van der Waals surface area contributed by atoms with Crippen molar-refractivity contribution in [1.82, 2.24) is 14.5 Å². The molecule has 0 aromatic carbocycles. The zero-order chi connectivity index (χ0) is 20.0. The zero-order valence-electron chi connectivity index (χ0n) is 17.5. The van der Waals surface area contributed by atoms with Gasteiger partial charge in [-0.3, -0.25) is 0 Å². The molecule has 0 unspecified atom stereocenters. The molecule has 0 atom stereocenters. The highest BCUT2D eigenvalue weighted by molar-refractivity contribution is 6.76. The molecule has 1 aliphatic heterocycles. The second-order valence-corrected chi connectivity index (χ2v) is 15.1. The summed E-state index contributed by atoms with van der Waals surface area (Å²) in [5.74, 6) is 0.422. The Morgan fingerprint density at radius 1 is 1.15 bits per heavy atom. The van der Waals surface area contributed by atoms with Gasteiger partial charge in [0, 0.05) is 26.3 Å². The van der Waals surface area contributed by atoms with Crippen molar-refractivity contribution >= 4 is 37.5 Å². The van der Waals surface area contributed by atoms with Crippen LogP contribution >= 0.6 is 0 Å². The quantitative estimate of drug-likeness (QED) is 0.603. The van der Waals surface area contributed by atoms with Gasteiger partial charge in [0.15, 0.2) is 0 Å². The van der Waals surface area contributed by atoms with Gasteiger partial charge in [-0.05, 0) is 33.7 Å². The van der Waals surface area contributed by atoms with E-state index in [1.165, 1.54) is 6.33 Å². The van der Waals surface area contributed by atoms with Crippen LogP contribution in [0.25, 0.3) is 11.0 Å². The van der Waals surface area contributed by atoms with Crippen molar-refractivity contribution in [2.45, 2.75) is 71.3 Å². The summed E-state index contributed by atoms with van der Waals surface area (Å²) in [6, 6.07) is 1.12. The first-order chi connectivity index (χ1) is 12.4. The molecule has 2 N–H and O–H groups in total. The molecule has 0 aliphatic carbocycles. The van der Waals surface area contributed by atoms with E-state index in [1.54, 1.807) is 0 Å². The average molecular weight is 390 g/mol. The van der Waals surface area contributed by atoms with E-state index in [9.17, 15) is 0 Å². The topological polar surface area (TPSA) is 84.4 Å². The van der Waals surface area contributed by atoms with Crippen molar-refractivity contribution in [2.24, 2.45) is 0 Å². The van der Waals surface area contributed by atoms with Crippen molar-refractivity contribution in [3.8, 4) is 0 Å². The van der Waals surface area contributed by atoms with Gasteiger partial charge >= 0.3 is 7.12 Å². The number of nitrogen functional groups attached to an aromatic ring is 1. The van der Waals surface area contributed by atoms with E-state index in [1.807, 2.05) is 38.5 Å². The molecule has 2 aromatic heterocycles. The van der Waals surface area contributed by atoms with Gasteiger partial charge in [-0.1, -0.05) is 19.6 Å². The highest BCUT2D eigenvalue weighted by Crippen LogP contribution is 2.37. The van der Waals surface area contributed by atoms with E-state index in [0.717, 1.165) is 29.1 Å². The molecular weight excluding hydrogens is 359 g/mol. The normalized spacial score (nSPS) is 19.1. The lowest BCUT2D eigenvalue weighted by molar-refractivity contribution is 0.00578. The summed E-state index contributed by atoms with van der Waals surface area (Å²) in [7, 11) is -1.65. The van der Waals surface area contributed by atoms with Gasteiger partial charge in [0.1, 0.15) is 24.5 Å². The first-order valence-electron chi connectivity index (χ1n) is 9.44. The third-order valence-electron chi connectivity index (χ3n) is 5.45. The highest BCUT2D eigenvalue weighted by Gasteiger charge is 2.52. The van der Waals surface area contributed by atoms with Crippen molar-refractivity contribution in [1.29, 1.82) is 0 Å². The first-order valence-corrected chi connectivity index (χ1v) is 13.1. The second kappa shape index (κ2) is 6.88. The fourth-order valence-corrected chi connectivity index (χ4v) is 3.72. The van der Waals surface area contributed by atoms with Crippen LogP contribution < -0.4 is 11.2 Å². The molecule has 0 saturated carbocycles. The van der Waals surface area contributed by atoms with Crippen LogP contribution in [0.1, 0.15) is 27.7 Å². The maximum absolute atomic E-state index is 6.21. The fraction of sp³-hybridized carbons (Fsp3) is 0.667. The molecule has 2 aromatic rings. The van der Waals surface area contributed by atoms with Gasteiger partial charge in [-0.2, -0.15) is 0 Å². The number of aromatic nitrogens is 3. The molecule has 9 heteroatoms. The standard InChI is InChI=1S/C18H31BN4O3Si/c1-17(2)18(3,4)26-19(25-17)13-10-23(12-24-8-9-27(5,6)7)16-14(13)15(20)21-11-22-16/h10-11H,8-9,12H2,1-7H3,(H2,20,21,22). The first kappa shape index (κ1) is 20.3. The number of ether oxygens (including phenoxy) is 1. The molecule has 27 heavy (non-hydrogen) atoms. The minimum absolute atomic E-state index is 0.414. The van der Waals surface area contributed by atoms with Crippen LogP contribution in [0.15, 0.2) is 12.5 Å². The van der Waals surface area contributed by atoms with Crippen LogP contribution in [-0.2, 0) is 20.8 Å². The Balaban J connectivity index is 1.89. The molecule has 3 heterocycles. The molecule has 0 amide bonds. The van der Waals surface area contributed by atoms with Crippen molar-refractivity contribution in [2.75, 3.05) is 12.3 Å². The van der Waals surface area contributed by atoms with Crippen LogP contribution in [-0.4, -0.2) is 47.5 Å². The van der Waals surface area contributed by atoms with Crippen molar-refractivity contribution in [3.63, 3.8) is 0 Å². The number of nitrogens with two attached hydrogens (primary N) is 1. The molecule has 7 nitrogen and oxygen atoms in total. The van der Waals surface area contributed by atoms with Crippen LogP contribution in [0, 0.1) is 0 Å². The summed E-state index contributed by atoms with van der Waals surface area (Å²) in [5, 5.41) is 0.768. The molecule has 0 bridgehead atoms. The van der Waals surface area contributed by atoms with Crippen LogP contribution in [0.2, 0.25) is 25.7 Å². The Bertz CT molecular complexity index is 816. The zero-order valence-corrected chi connectivity index (χ0v) is 18.5. The number of nitrogens with zero attached hydrogens (tertiary/aromatic N) is 3. The molecule has 1 fully saturated rings. The number of rotatable bonds is 6. The summed E-state index contributed by atoms with van der Waals surface area (Å²) in [4.78, 5) is 8.58. The maximum atomic E-state index is 6.21. The van der Waals surface area contributed by atoms with E-state index in [-0.39, 0.29) is 0 Å². The molecule has 1 aliphatic rings. The van der Waals surface area contributed by atoms with E-state index < -0.39 is 26.4 Å². The monoisotopic (exact) mass is 390 g/mol. The predicted octanol–water partition coefficient (Wildman–Crippen LogP) is 2.62. The lowest BCUT2D eigenvalue weighted by atomic mass is 9.79. The minimum Gasteiger partial charge on any atom is -0.399 e. The van der Waals surface area contributed by atoms with Gasteiger partial charge in [0.25, 0.3) is 0 Å². The third-order valence-corrected chi connectivity index (χ3v) is 7.15. The summed E-state index contributed by atoms with van der Waals surface area (Å²) in [6.45, 7) is 16.3. The number of hydrogen-bond donors (Lipinski definition) is 1. The summed E-state index contributed by atoms with van der Waals surface area (Å²) >= 11 is 0. The molecule has 148 valence electrons. The van der Waals surface area contributed by atoms with Gasteiger partial charge in [-0.15, -0.1) is 0 Å². The van der Waals surface area contributed by atoms with Crippen molar-refractivity contribution in [3.05, 3.63) is 12.5 Å². The van der Waals surface area contributed by atoms with Crippen molar-refractivity contribution < 1.29 is 14.0 Å². The average Bonchev–Trinajstić information content (AvgIpc) is 2.99. The largest absolute Gasteiger partial charge is 0.497 e. The highest BCUT2D eigenvalue weighted by atomic mass is 28.3. The SMILES string of the molecule is CC1(C)OB(c2cn(COCC[Si](C)(C)C)c3ncnc(N)c23)OC1(C)C. The van der Waals surface area contributed by atoms with Gasteiger partial charge in [-0.25, -0.2) is 9.97 Å². The number of fused-ring (bicyclic) bond motifs is 1. The molecular formula is C18H31BN4O3Si. The smallest absolute Gasteiger partial charge is 0.399 e. The summed E-state index contributed by atoms with van der Waals surface area (Å²) in [6.07, 6.45) is 3.44. The van der Waals surface area contributed by atoms with Gasteiger partial charge in [0.05, 0.1) is 16.6 Å². The van der Waals surface area contributed by atoms with E-state index in [2.05, 4.69) is 29.6 Å². The lowest BCUT2D eigenvalue weighted by Gasteiger charge is -2.32. The Hall–Kier alpha value is -1.42. The van der Waals surface area contributed by atoms with E-state index in [0.29, 0.717) is 12.5 Å². The van der Waals surface area contributed by atoms with Crippen LogP contribution in [0.3, 0.4) is 0 Å².